The van der Waals surface area contributed by atoms with Crippen molar-refractivity contribution in [3.8, 4) is 0 Å². The fourth-order valence-electron chi connectivity index (χ4n) is 2.81. The minimum Gasteiger partial charge on any atom is -0.0809 e. The molecule has 0 saturated carbocycles. The van der Waals surface area contributed by atoms with Crippen molar-refractivity contribution in [3.05, 3.63) is 46.8 Å². The van der Waals surface area contributed by atoms with Crippen LogP contribution in [0, 0.1) is 0 Å². The lowest BCUT2D eigenvalue weighted by atomic mass is 10.5. The SMILES string of the molecule is C[Si](C)(C)[Si](C)(C1=CC=CC1)C1=CC=CC1. The molecule has 2 rings (SSSR count). The van der Waals surface area contributed by atoms with E-state index in [9.17, 15) is 0 Å². The average molecular weight is 247 g/mol. The first kappa shape index (κ1) is 11.9. The quantitative estimate of drug-likeness (QED) is 0.650. The Kier molecular flexibility index (Phi) is 2.97. The van der Waals surface area contributed by atoms with Crippen molar-refractivity contribution in [2.24, 2.45) is 0 Å². The van der Waals surface area contributed by atoms with Gasteiger partial charge in [0, 0.05) is 7.59 Å². The molecule has 0 atom stereocenters. The Labute approximate surface area is 101 Å². The second-order valence-electron chi connectivity index (χ2n) is 6.02. The summed E-state index contributed by atoms with van der Waals surface area (Å²) >= 11 is 0. The molecule has 0 unspecified atom stereocenters. The molecule has 0 aliphatic heterocycles. The highest BCUT2D eigenvalue weighted by molar-refractivity contribution is 7.46. The Bertz CT molecular complexity index is 373. The second-order valence-corrected chi connectivity index (χ2v) is 21.6. The van der Waals surface area contributed by atoms with Gasteiger partial charge >= 0.3 is 0 Å². The van der Waals surface area contributed by atoms with Gasteiger partial charge in [0.25, 0.3) is 0 Å². The number of rotatable bonds is 3. The Morgan fingerprint density at radius 1 is 0.812 bits per heavy atom. The molecule has 0 fully saturated rings. The van der Waals surface area contributed by atoms with E-state index in [0.29, 0.717) is 0 Å². The molecule has 2 heteroatoms. The molecule has 0 saturated heterocycles. The van der Waals surface area contributed by atoms with Crippen LogP contribution in [0.4, 0.5) is 0 Å². The summed E-state index contributed by atoms with van der Waals surface area (Å²) in [4.78, 5) is 0. The molecule has 0 bridgehead atoms. The van der Waals surface area contributed by atoms with Crippen LogP contribution in [0.3, 0.4) is 0 Å². The van der Waals surface area contributed by atoms with Crippen LogP contribution in [-0.2, 0) is 0 Å². The van der Waals surface area contributed by atoms with Crippen LogP contribution in [0.15, 0.2) is 46.8 Å². The first-order valence-electron chi connectivity index (χ1n) is 6.18. The highest BCUT2D eigenvalue weighted by Gasteiger charge is 2.46. The van der Waals surface area contributed by atoms with Gasteiger partial charge in [-0.25, -0.2) is 0 Å². The van der Waals surface area contributed by atoms with Gasteiger partial charge in [-0.2, -0.15) is 0 Å². The topological polar surface area (TPSA) is 0 Å². The monoisotopic (exact) mass is 246 g/mol. The average Bonchev–Trinajstić information content (AvgIpc) is 2.88. The molecule has 0 N–H and O–H groups in total. The van der Waals surface area contributed by atoms with Gasteiger partial charge in [-0.3, -0.25) is 0 Å². The van der Waals surface area contributed by atoms with Gasteiger partial charge in [-0.15, -0.1) is 0 Å². The molecule has 16 heavy (non-hydrogen) atoms. The van der Waals surface area contributed by atoms with Gasteiger partial charge in [0.1, 0.15) is 0 Å². The number of allylic oxidation sites excluding steroid dienone is 8. The molecule has 86 valence electrons. The first-order valence-corrected chi connectivity index (χ1v) is 13.2. The molecule has 0 heterocycles. The lowest BCUT2D eigenvalue weighted by molar-refractivity contribution is 1.31. The van der Waals surface area contributed by atoms with E-state index in [1.807, 2.05) is 0 Å². The fraction of sp³-hybridized carbons (Fsp3) is 0.429. The van der Waals surface area contributed by atoms with Crippen molar-refractivity contribution in [2.75, 3.05) is 0 Å². The van der Waals surface area contributed by atoms with Crippen LogP contribution in [-0.4, -0.2) is 15.2 Å². The summed E-state index contributed by atoms with van der Waals surface area (Å²) in [7, 11) is -2.47. The maximum Gasteiger partial charge on any atom is 0.0980 e. The second kappa shape index (κ2) is 4.00. The molecule has 0 aromatic carbocycles. The maximum absolute atomic E-state index is 2.61. The lowest BCUT2D eigenvalue weighted by Crippen LogP contribution is -2.58. The van der Waals surface area contributed by atoms with Crippen LogP contribution in [0.1, 0.15) is 12.8 Å². The van der Waals surface area contributed by atoms with Gasteiger partial charge in [-0.05, 0) is 12.8 Å². The molecular formula is C14H22Si2. The highest BCUT2D eigenvalue weighted by atomic mass is 29.3. The van der Waals surface area contributed by atoms with Gasteiger partial charge in [0.2, 0.25) is 0 Å². The van der Waals surface area contributed by atoms with Crippen LogP contribution < -0.4 is 0 Å². The number of hydrogen-bond donors (Lipinski definition) is 0. The number of hydrogen-bond acceptors (Lipinski definition) is 0. The minimum absolute atomic E-state index is 1.12. The molecule has 0 nitrogen and oxygen atoms in total. The van der Waals surface area contributed by atoms with Gasteiger partial charge in [0.15, 0.2) is 0 Å². The third-order valence-corrected chi connectivity index (χ3v) is 21.6. The van der Waals surface area contributed by atoms with Crippen LogP contribution in [0.5, 0.6) is 0 Å². The van der Waals surface area contributed by atoms with E-state index < -0.39 is 15.2 Å². The van der Waals surface area contributed by atoms with E-state index in [1.54, 1.807) is 10.4 Å². The van der Waals surface area contributed by atoms with E-state index in [4.69, 9.17) is 0 Å². The molecule has 2 aliphatic rings. The molecule has 0 amide bonds. The zero-order valence-electron chi connectivity index (χ0n) is 10.9. The van der Waals surface area contributed by atoms with E-state index in [1.165, 1.54) is 12.8 Å². The van der Waals surface area contributed by atoms with E-state index in [2.05, 4.69) is 62.6 Å². The van der Waals surface area contributed by atoms with Crippen molar-refractivity contribution in [3.63, 3.8) is 0 Å². The van der Waals surface area contributed by atoms with Gasteiger partial charge in [0.05, 0.1) is 7.59 Å². The summed E-state index contributed by atoms with van der Waals surface area (Å²) < 4.78 is 0. The molecular weight excluding hydrogens is 224 g/mol. The third-order valence-electron chi connectivity index (χ3n) is 4.33. The summed E-state index contributed by atoms with van der Waals surface area (Å²) in [6.45, 7) is 10.3. The summed E-state index contributed by atoms with van der Waals surface area (Å²) in [5, 5.41) is 3.53. The predicted octanol–water partition coefficient (Wildman–Crippen LogP) is 4.33. The third kappa shape index (κ3) is 1.74. The Morgan fingerprint density at radius 2 is 1.25 bits per heavy atom. The Morgan fingerprint density at radius 3 is 1.50 bits per heavy atom. The molecule has 0 spiro atoms. The largest absolute Gasteiger partial charge is 0.0980 e. The van der Waals surface area contributed by atoms with E-state index >= 15 is 0 Å². The van der Waals surface area contributed by atoms with E-state index in [-0.39, 0.29) is 0 Å². The zero-order valence-corrected chi connectivity index (χ0v) is 12.9. The Balaban J connectivity index is 2.41. The minimum atomic E-state index is -1.35. The van der Waals surface area contributed by atoms with Gasteiger partial charge < -0.3 is 0 Å². The molecule has 2 aliphatic carbocycles. The summed E-state index contributed by atoms with van der Waals surface area (Å²) in [6.07, 6.45) is 16.4. The summed E-state index contributed by atoms with van der Waals surface area (Å²) in [5.74, 6) is 0. The van der Waals surface area contributed by atoms with Crippen LogP contribution in [0.2, 0.25) is 26.2 Å². The smallest absolute Gasteiger partial charge is 0.0809 e. The zero-order chi connectivity index (χ0) is 11.8. The standard InChI is InChI=1S/C14H22Si2/c1-15(2,3)16(4,13-9-5-6-10-13)14-11-7-8-12-14/h5-9,11H,10,12H2,1-4H3. The predicted molar refractivity (Wildman–Crippen MR) is 78.6 cm³/mol. The molecule has 0 aromatic heterocycles. The van der Waals surface area contributed by atoms with Crippen LogP contribution >= 0.6 is 0 Å². The van der Waals surface area contributed by atoms with Crippen molar-refractivity contribution in [1.29, 1.82) is 0 Å². The van der Waals surface area contributed by atoms with E-state index in [0.717, 1.165) is 0 Å². The fourth-order valence-corrected chi connectivity index (χ4v) is 13.9. The highest BCUT2D eigenvalue weighted by Crippen LogP contribution is 2.39. The first-order chi connectivity index (χ1) is 7.46. The molecule has 0 aromatic rings. The van der Waals surface area contributed by atoms with Gasteiger partial charge in [-0.1, -0.05) is 73.0 Å². The normalized spacial score (nSPS) is 20.2. The van der Waals surface area contributed by atoms with Crippen molar-refractivity contribution in [2.45, 2.75) is 39.0 Å². The maximum atomic E-state index is 2.61. The van der Waals surface area contributed by atoms with Crippen molar-refractivity contribution < 1.29 is 0 Å². The van der Waals surface area contributed by atoms with Crippen LogP contribution in [0.25, 0.3) is 0 Å². The van der Waals surface area contributed by atoms with Crippen molar-refractivity contribution in [1.82, 2.24) is 0 Å². The summed E-state index contributed by atoms with van der Waals surface area (Å²) in [6, 6.07) is 0. The Hall–Kier alpha value is -0.606. The molecule has 0 radical (unpaired) electrons. The summed E-state index contributed by atoms with van der Waals surface area (Å²) in [5.41, 5.74) is 0. The van der Waals surface area contributed by atoms with Crippen molar-refractivity contribution >= 4 is 15.2 Å². The lowest BCUT2D eigenvalue weighted by Gasteiger charge is -2.41.